The first-order valence-corrected chi connectivity index (χ1v) is 8.85. The highest BCUT2D eigenvalue weighted by atomic mass is 16.3. The predicted octanol–water partition coefficient (Wildman–Crippen LogP) is 3.74. The van der Waals surface area contributed by atoms with E-state index in [-0.39, 0.29) is 5.91 Å². The molecule has 0 saturated carbocycles. The third-order valence-corrected chi connectivity index (χ3v) is 4.40. The Balaban J connectivity index is 1.29. The molecule has 3 N–H and O–H groups in total. The highest BCUT2D eigenvalue weighted by Gasteiger charge is 2.07. The number of carbonyl (C=O) groups is 1. The molecule has 0 fully saturated rings. The van der Waals surface area contributed by atoms with E-state index in [0.29, 0.717) is 24.5 Å². The van der Waals surface area contributed by atoms with E-state index in [4.69, 9.17) is 4.42 Å². The first-order valence-electron chi connectivity index (χ1n) is 8.85. The number of pyridine rings is 1. The number of carbonyl (C=O) groups excluding carboxylic acids is 1. The van der Waals surface area contributed by atoms with Gasteiger partial charge in [0.2, 0.25) is 0 Å². The Morgan fingerprint density at radius 1 is 1.11 bits per heavy atom. The maximum absolute atomic E-state index is 12.3. The van der Waals surface area contributed by atoms with Gasteiger partial charge in [0.1, 0.15) is 11.6 Å². The van der Waals surface area contributed by atoms with Crippen molar-refractivity contribution < 1.29 is 9.21 Å². The van der Waals surface area contributed by atoms with Crippen molar-refractivity contribution in [3.05, 3.63) is 84.1 Å². The quantitative estimate of drug-likeness (QED) is 0.469. The number of para-hydroxylation sites is 1. The molecule has 0 bridgehead atoms. The summed E-state index contributed by atoms with van der Waals surface area (Å²) in [4.78, 5) is 19.8. The van der Waals surface area contributed by atoms with Gasteiger partial charge in [-0.05, 0) is 42.3 Å². The average molecular weight is 360 g/mol. The van der Waals surface area contributed by atoms with Crippen LogP contribution in [0.4, 0.5) is 5.82 Å². The van der Waals surface area contributed by atoms with Crippen LogP contribution in [0.2, 0.25) is 0 Å². The van der Waals surface area contributed by atoms with Gasteiger partial charge in [-0.3, -0.25) is 4.79 Å². The van der Waals surface area contributed by atoms with Gasteiger partial charge in [-0.2, -0.15) is 0 Å². The summed E-state index contributed by atoms with van der Waals surface area (Å²) in [6.45, 7) is 1.12. The first kappa shape index (κ1) is 16.9. The molecule has 0 aliphatic rings. The molecule has 0 unspecified atom stereocenters. The Bertz CT molecular complexity index is 1020. The van der Waals surface area contributed by atoms with Gasteiger partial charge < -0.3 is 20.0 Å². The normalized spacial score (nSPS) is 10.8. The van der Waals surface area contributed by atoms with Crippen molar-refractivity contribution in [3.8, 4) is 0 Å². The largest absolute Gasteiger partial charge is 0.467 e. The van der Waals surface area contributed by atoms with Crippen LogP contribution in [-0.4, -0.2) is 22.4 Å². The van der Waals surface area contributed by atoms with E-state index in [1.54, 1.807) is 24.6 Å². The molecule has 1 aromatic carbocycles. The van der Waals surface area contributed by atoms with Crippen molar-refractivity contribution in [2.24, 2.45) is 0 Å². The fourth-order valence-electron chi connectivity index (χ4n) is 2.97. The summed E-state index contributed by atoms with van der Waals surface area (Å²) in [6, 6.07) is 15.4. The van der Waals surface area contributed by atoms with Crippen LogP contribution in [0.25, 0.3) is 10.9 Å². The zero-order valence-electron chi connectivity index (χ0n) is 14.7. The number of benzene rings is 1. The molecule has 27 heavy (non-hydrogen) atoms. The smallest absolute Gasteiger partial charge is 0.252 e. The second-order valence-electron chi connectivity index (χ2n) is 6.23. The van der Waals surface area contributed by atoms with E-state index in [2.05, 4.69) is 26.7 Å². The molecule has 3 heterocycles. The third-order valence-electron chi connectivity index (χ3n) is 4.40. The van der Waals surface area contributed by atoms with Crippen LogP contribution in [0.1, 0.15) is 21.7 Å². The molecule has 6 heteroatoms. The molecule has 136 valence electrons. The number of hydrogen-bond acceptors (Lipinski definition) is 4. The zero-order valence-corrected chi connectivity index (χ0v) is 14.7. The topological polar surface area (TPSA) is 83.0 Å². The van der Waals surface area contributed by atoms with Crippen LogP contribution in [0.15, 0.2) is 71.6 Å². The van der Waals surface area contributed by atoms with Gasteiger partial charge in [0, 0.05) is 29.8 Å². The second-order valence-corrected chi connectivity index (χ2v) is 6.23. The minimum atomic E-state index is -0.125. The second kappa shape index (κ2) is 7.78. The van der Waals surface area contributed by atoms with Crippen molar-refractivity contribution >= 4 is 22.6 Å². The number of hydrogen-bond donors (Lipinski definition) is 3. The molecular formula is C21H20N4O2. The minimum Gasteiger partial charge on any atom is -0.467 e. The van der Waals surface area contributed by atoms with Gasteiger partial charge in [-0.25, -0.2) is 4.98 Å². The van der Waals surface area contributed by atoms with E-state index >= 15 is 0 Å². The van der Waals surface area contributed by atoms with Crippen LogP contribution in [-0.2, 0) is 13.0 Å². The number of aromatic amines is 1. The molecular weight excluding hydrogens is 340 g/mol. The van der Waals surface area contributed by atoms with E-state index in [1.807, 2.05) is 36.5 Å². The highest BCUT2D eigenvalue weighted by Crippen LogP contribution is 2.17. The maximum atomic E-state index is 12.3. The van der Waals surface area contributed by atoms with Gasteiger partial charge in [0.05, 0.1) is 18.4 Å². The number of amides is 1. The Hall–Kier alpha value is -3.54. The summed E-state index contributed by atoms with van der Waals surface area (Å²) in [5.74, 6) is 1.40. The van der Waals surface area contributed by atoms with Crippen LogP contribution in [0.3, 0.4) is 0 Å². The van der Waals surface area contributed by atoms with Crippen molar-refractivity contribution in [3.63, 3.8) is 0 Å². The fourth-order valence-corrected chi connectivity index (χ4v) is 2.97. The molecule has 4 rings (SSSR count). The summed E-state index contributed by atoms with van der Waals surface area (Å²) < 4.78 is 5.26. The van der Waals surface area contributed by atoms with E-state index in [0.717, 1.165) is 17.7 Å². The molecule has 6 nitrogen and oxygen atoms in total. The number of furan rings is 1. The van der Waals surface area contributed by atoms with Crippen LogP contribution in [0.5, 0.6) is 0 Å². The van der Waals surface area contributed by atoms with Crippen LogP contribution in [0, 0.1) is 0 Å². The maximum Gasteiger partial charge on any atom is 0.252 e. The van der Waals surface area contributed by atoms with E-state index in [9.17, 15) is 4.79 Å². The number of fused-ring (bicyclic) bond motifs is 1. The molecule has 0 aliphatic carbocycles. The van der Waals surface area contributed by atoms with E-state index in [1.165, 1.54) is 10.9 Å². The first-order chi connectivity index (χ1) is 13.3. The summed E-state index contributed by atoms with van der Waals surface area (Å²) in [5, 5.41) is 7.29. The van der Waals surface area contributed by atoms with Crippen molar-refractivity contribution in [1.29, 1.82) is 0 Å². The summed E-state index contributed by atoms with van der Waals surface area (Å²) >= 11 is 0. The molecule has 0 radical (unpaired) electrons. The molecule has 0 spiro atoms. The summed E-state index contributed by atoms with van der Waals surface area (Å²) in [5.41, 5.74) is 2.85. The lowest BCUT2D eigenvalue weighted by Gasteiger charge is -2.07. The Morgan fingerprint density at radius 3 is 2.85 bits per heavy atom. The summed E-state index contributed by atoms with van der Waals surface area (Å²) in [7, 11) is 0. The Labute approximate surface area is 156 Å². The monoisotopic (exact) mass is 360 g/mol. The molecule has 0 atom stereocenters. The van der Waals surface area contributed by atoms with Gasteiger partial charge in [0.25, 0.3) is 5.91 Å². The number of aromatic nitrogens is 2. The average Bonchev–Trinajstić information content (AvgIpc) is 3.37. The van der Waals surface area contributed by atoms with Gasteiger partial charge >= 0.3 is 0 Å². The zero-order chi connectivity index (χ0) is 18.5. The molecule has 3 aromatic heterocycles. The van der Waals surface area contributed by atoms with Crippen molar-refractivity contribution in [1.82, 2.24) is 15.3 Å². The highest BCUT2D eigenvalue weighted by molar-refractivity contribution is 5.94. The molecule has 1 amide bonds. The fraction of sp³-hybridized carbons (Fsp3) is 0.143. The number of nitrogens with one attached hydrogen (secondary N) is 3. The molecule has 4 aromatic rings. The van der Waals surface area contributed by atoms with Crippen molar-refractivity contribution in [2.45, 2.75) is 13.0 Å². The number of rotatable bonds is 7. The SMILES string of the molecule is O=C(NCCc1c[nH]c2ccccc12)c1ccc(NCc2ccco2)nc1. The standard InChI is InChI=1S/C21H20N4O2/c26-21(22-10-9-15-12-23-19-6-2-1-5-18(15)19)16-7-8-20(24-13-16)25-14-17-4-3-11-27-17/h1-8,11-13,23H,9-10,14H2,(H,22,26)(H,24,25). The Morgan fingerprint density at radius 2 is 2.04 bits per heavy atom. The molecule has 0 aliphatic heterocycles. The lowest BCUT2D eigenvalue weighted by molar-refractivity contribution is 0.0954. The van der Waals surface area contributed by atoms with E-state index < -0.39 is 0 Å². The van der Waals surface area contributed by atoms with Crippen molar-refractivity contribution in [2.75, 3.05) is 11.9 Å². The number of nitrogens with zero attached hydrogens (tertiary/aromatic N) is 1. The van der Waals surface area contributed by atoms with Crippen LogP contribution >= 0.6 is 0 Å². The van der Waals surface area contributed by atoms with Gasteiger partial charge in [-0.1, -0.05) is 18.2 Å². The minimum absolute atomic E-state index is 0.125. The van der Waals surface area contributed by atoms with Gasteiger partial charge in [0.15, 0.2) is 0 Å². The number of H-pyrrole nitrogens is 1. The lowest BCUT2D eigenvalue weighted by atomic mass is 10.1. The van der Waals surface area contributed by atoms with Crippen LogP contribution < -0.4 is 10.6 Å². The third kappa shape index (κ3) is 4.00. The summed E-state index contributed by atoms with van der Waals surface area (Å²) in [6.07, 6.45) is 5.98. The lowest BCUT2D eigenvalue weighted by Crippen LogP contribution is -2.25. The predicted molar refractivity (Wildman–Crippen MR) is 105 cm³/mol. The number of anilines is 1. The Kier molecular flexibility index (Phi) is 4.87. The van der Waals surface area contributed by atoms with Gasteiger partial charge in [-0.15, -0.1) is 0 Å². The molecule has 0 saturated heterocycles.